The summed E-state index contributed by atoms with van der Waals surface area (Å²) in [5, 5.41) is 2.94. The lowest BCUT2D eigenvalue weighted by Crippen LogP contribution is -2.27. The van der Waals surface area contributed by atoms with Crippen LogP contribution >= 0.6 is 0 Å². The molecular formula is C13H20N4O. The van der Waals surface area contributed by atoms with Crippen molar-refractivity contribution < 1.29 is 4.79 Å². The van der Waals surface area contributed by atoms with Crippen LogP contribution in [0.25, 0.3) is 0 Å². The zero-order chi connectivity index (χ0) is 12.8. The van der Waals surface area contributed by atoms with Gasteiger partial charge in [-0.15, -0.1) is 0 Å². The van der Waals surface area contributed by atoms with Crippen LogP contribution in [0.3, 0.4) is 0 Å². The smallest absolute Gasteiger partial charge is 0.253 e. The summed E-state index contributed by atoms with van der Waals surface area (Å²) in [6.45, 7) is 0.732. The van der Waals surface area contributed by atoms with E-state index in [0.717, 1.165) is 18.9 Å². The Hall–Kier alpha value is -1.62. The molecule has 0 bridgehead atoms. The number of nitrogens with one attached hydrogen (secondary N) is 2. The number of aromatic nitrogens is 1. The second-order valence-electron chi connectivity index (χ2n) is 4.76. The highest BCUT2D eigenvalue weighted by Crippen LogP contribution is 2.26. The number of nitrogens with two attached hydrogens (primary N) is 1. The Labute approximate surface area is 107 Å². The van der Waals surface area contributed by atoms with E-state index in [1.54, 1.807) is 18.5 Å². The third-order valence-electron chi connectivity index (χ3n) is 3.53. The van der Waals surface area contributed by atoms with E-state index in [4.69, 9.17) is 5.84 Å². The van der Waals surface area contributed by atoms with Gasteiger partial charge in [0.2, 0.25) is 0 Å². The lowest BCUT2D eigenvalue weighted by Gasteiger charge is -2.11. The van der Waals surface area contributed by atoms with E-state index in [9.17, 15) is 4.79 Å². The van der Waals surface area contributed by atoms with Gasteiger partial charge in [0.15, 0.2) is 0 Å². The van der Waals surface area contributed by atoms with Crippen LogP contribution in [0.1, 0.15) is 42.5 Å². The number of anilines is 1. The van der Waals surface area contributed by atoms with Crippen LogP contribution in [0.2, 0.25) is 0 Å². The number of carbonyl (C=O) groups is 1. The Morgan fingerprint density at radius 2 is 2.22 bits per heavy atom. The van der Waals surface area contributed by atoms with Gasteiger partial charge >= 0.3 is 0 Å². The average molecular weight is 248 g/mol. The minimum atomic E-state index is -0.0941. The minimum Gasteiger partial charge on any atom is -0.352 e. The first-order valence-corrected chi connectivity index (χ1v) is 6.50. The van der Waals surface area contributed by atoms with Crippen molar-refractivity contribution in [3.05, 3.63) is 24.0 Å². The Morgan fingerprint density at radius 1 is 1.44 bits per heavy atom. The largest absolute Gasteiger partial charge is 0.352 e. The van der Waals surface area contributed by atoms with Crippen molar-refractivity contribution in [2.75, 3.05) is 12.0 Å². The van der Waals surface area contributed by atoms with E-state index in [0.29, 0.717) is 11.3 Å². The molecule has 1 aromatic rings. The van der Waals surface area contributed by atoms with Gasteiger partial charge in [0.25, 0.3) is 5.91 Å². The molecule has 1 aliphatic carbocycles. The Kier molecular flexibility index (Phi) is 4.52. The van der Waals surface area contributed by atoms with Gasteiger partial charge in [-0.3, -0.25) is 15.6 Å². The molecule has 0 unspecified atom stereocenters. The number of hydrogen-bond acceptors (Lipinski definition) is 4. The molecule has 1 aliphatic rings. The molecule has 0 spiro atoms. The molecule has 1 aromatic heterocycles. The maximum Gasteiger partial charge on any atom is 0.253 e. The average Bonchev–Trinajstić information content (AvgIpc) is 2.91. The second-order valence-corrected chi connectivity index (χ2v) is 4.76. The molecule has 1 amide bonds. The van der Waals surface area contributed by atoms with Gasteiger partial charge in [0.1, 0.15) is 0 Å². The van der Waals surface area contributed by atoms with Gasteiger partial charge in [-0.05, 0) is 18.4 Å². The van der Waals surface area contributed by atoms with Crippen molar-refractivity contribution in [2.24, 2.45) is 11.8 Å². The molecule has 5 nitrogen and oxygen atoms in total. The highest BCUT2D eigenvalue weighted by molar-refractivity contribution is 5.99. The minimum absolute atomic E-state index is 0.0941. The summed E-state index contributed by atoms with van der Waals surface area (Å²) in [5.74, 6) is 6.04. The number of rotatable bonds is 5. The lowest BCUT2D eigenvalue weighted by molar-refractivity contribution is 0.0952. The zero-order valence-corrected chi connectivity index (χ0v) is 10.5. The quantitative estimate of drug-likeness (QED) is 0.547. The van der Waals surface area contributed by atoms with E-state index in [2.05, 4.69) is 15.7 Å². The lowest BCUT2D eigenvalue weighted by atomic mass is 10.0. The van der Waals surface area contributed by atoms with Crippen LogP contribution in [0.15, 0.2) is 18.5 Å². The maximum absolute atomic E-state index is 12.0. The van der Waals surface area contributed by atoms with Crippen LogP contribution < -0.4 is 16.6 Å². The molecular weight excluding hydrogens is 228 g/mol. The molecule has 0 aromatic carbocycles. The first-order valence-electron chi connectivity index (χ1n) is 6.50. The van der Waals surface area contributed by atoms with Crippen LogP contribution in [-0.4, -0.2) is 17.4 Å². The molecule has 1 heterocycles. The summed E-state index contributed by atoms with van der Waals surface area (Å²) in [6.07, 6.45) is 9.50. The fourth-order valence-electron chi connectivity index (χ4n) is 2.49. The normalized spacial score (nSPS) is 15.6. The Balaban J connectivity index is 1.83. The third kappa shape index (κ3) is 3.20. The molecule has 18 heavy (non-hydrogen) atoms. The second kappa shape index (κ2) is 6.35. The van der Waals surface area contributed by atoms with Crippen molar-refractivity contribution in [1.29, 1.82) is 0 Å². The predicted molar refractivity (Wildman–Crippen MR) is 71.0 cm³/mol. The molecule has 5 heteroatoms. The topological polar surface area (TPSA) is 80.0 Å². The maximum atomic E-state index is 12.0. The number of amides is 1. The van der Waals surface area contributed by atoms with Gasteiger partial charge in [0.05, 0.1) is 17.4 Å². The van der Waals surface area contributed by atoms with Gasteiger partial charge in [-0.25, -0.2) is 0 Å². The van der Waals surface area contributed by atoms with Gasteiger partial charge in [0, 0.05) is 12.7 Å². The Bertz CT molecular complexity index is 402. The van der Waals surface area contributed by atoms with Gasteiger partial charge in [-0.2, -0.15) is 0 Å². The highest BCUT2D eigenvalue weighted by Gasteiger charge is 2.15. The SMILES string of the molecule is NNc1cnccc1C(=O)NCCC1CCCC1. The van der Waals surface area contributed by atoms with Gasteiger partial charge in [-0.1, -0.05) is 25.7 Å². The van der Waals surface area contributed by atoms with E-state index in [1.807, 2.05) is 0 Å². The number of hydrogen-bond donors (Lipinski definition) is 3. The first kappa shape index (κ1) is 12.8. The summed E-state index contributed by atoms with van der Waals surface area (Å²) in [5.41, 5.74) is 3.58. The molecule has 0 atom stereocenters. The van der Waals surface area contributed by atoms with Crippen molar-refractivity contribution in [2.45, 2.75) is 32.1 Å². The molecule has 98 valence electrons. The number of hydrazine groups is 1. The Morgan fingerprint density at radius 3 is 2.94 bits per heavy atom. The summed E-state index contributed by atoms with van der Waals surface area (Å²) >= 11 is 0. The standard InChI is InChI=1S/C13H20N4O/c14-17-12-9-15-7-6-11(12)13(18)16-8-5-10-3-1-2-4-10/h6-7,9-10,17H,1-5,8,14H2,(H,16,18). The zero-order valence-electron chi connectivity index (χ0n) is 10.5. The summed E-state index contributed by atoms with van der Waals surface area (Å²) in [7, 11) is 0. The number of carbonyl (C=O) groups excluding carboxylic acids is 1. The van der Waals surface area contributed by atoms with Crippen molar-refractivity contribution in [3.63, 3.8) is 0 Å². The van der Waals surface area contributed by atoms with Crippen molar-refractivity contribution in [1.82, 2.24) is 10.3 Å². The van der Waals surface area contributed by atoms with E-state index in [1.165, 1.54) is 25.7 Å². The molecule has 0 saturated heterocycles. The van der Waals surface area contributed by atoms with Gasteiger partial charge < -0.3 is 10.7 Å². The van der Waals surface area contributed by atoms with E-state index in [-0.39, 0.29) is 5.91 Å². The number of nitrogens with zero attached hydrogens (tertiary/aromatic N) is 1. The summed E-state index contributed by atoms with van der Waals surface area (Å²) < 4.78 is 0. The summed E-state index contributed by atoms with van der Waals surface area (Å²) in [4.78, 5) is 15.9. The molecule has 4 N–H and O–H groups in total. The van der Waals surface area contributed by atoms with E-state index >= 15 is 0 Å². The predicted octanol–water partition coefficient (Wildman–Crippen LogP) is 1.68. The van der Waals surface area contributed by atoms with Crippen LogP contribution in [0, 0.1) is 5.92 Å². The highest BCUT2D eigenvalue weighted by atomic mass is 16.1. The number of nitrogen functional groups attached to an aromatic ring is 1. The fraction of sp³-hybridized carbons (Fsp3) is 0.538. The van der Waals surface area contributed by atoms with Crippen LogP contribution in [0.4, 0.5) is 5.69 Å². The molecule has 0 radical (unpaired) electrons. The van der Waals surface area contributed by atoms with Crippen molar-refractivity contribution >= 4 is 11.6 Å². The van der Waals surface area contributed by atoms with E-state index < -0.39 is 0 Å². The summed E-state index contributed by atoms with van der Waals surface area (Å²) in [6, 6.07) is 1.67. The molecule has 1 saturated carbocycles. The van der Waals surface area contributed by atoms with Crippen LogP contribution in [-0.2, 0) is 0 Å². The van der Waals surface area contributed by atoms with Crippen LogP contribution in [0.5, 0.6) is 0 Å². The molecule has 0 aliphatic heterocycles. The fourth-order valence-corrected chi connectivity index (χ4v) is 2.49. The molecule has 1 fully saturated rings. The third-order valence-corrected chi connectivity index (χ3v) is 3.53. The number of pyridine rings is 1. The first-order chi connectivity index (χ1) is 8.81. The monoisotopic (exact) mass is 248 g/mol. The molecule has 2 rings (SSSR count). The van der Waals surface area contributed by atoms with Crippen molar-refractivity contribution in [3.8, 4) is 0 Å².